The van der Waals surface area contributed by atoms with E-state index in [1.807, 2.05) is 23.6 Å². The Morgan fingerprint density at radius 2 is 2.31 bits per heavy atom. The van der Waals surface area contributed by atoms with Crippen molar-refractivity contribution >= 4 is 12.2 Å². The van der Waals surface area contributed by atoms with Gasteiger partial charge in [-0.2, -0.15) is 5.10 Å². The molecule has 16 heavy (non-hydrogen) atoms. The van der Waals surface area contributed by atoms with E-state index in [-0.39, 0.29) is 0 Å². The summed E-state index contributed by atoms with van der Waals surface area (Å²) in [4.78, 5) is 4.29. The van der Waals surface area contributed by atoms with Gasteiger partial charge in [0.15, 0.2) is 4.77 Å². The summed E-state index contributed by atoms with van der Waals surface area (Å²) < 4.78 is 2.66. The Labute approximate surface area is 98.3 Å². The van der Waals surface area contributed by atoms with Crippen LogP contribution in [0.3, 0.4) is 0 Å². The normalized spacial score (nSPS) is 15.3. The Kier molecular flexibility index (Phi) is 2.14. The predicted molar refractivity (Wildman–Crippen MR) is 63.3 cm³/mol. The van der Waals surface area contributed by atoms with Crippen LogP contribution in [0.1, 0.15) is 30.3 Å². The standard InChI is InChI=1S/C11H12N4S/c1-7-9(3-2-6-12-7)15-10(8-4-5-8)13-14-11(15)16/h2-3,6,8H,4-5H2,1H3,(H,14,16). The molecule has 5 heteroatoms. The van der Waals surface area contributed by atoms with E-state index in [0.29, 0.717) is 10.7 Å². The highest BCUT2D eigenvalue weighted by atomic mass is 32.1. The highest BCUT2D eigenvalue weighted by Gasteiger charge is 2.29. The number of nitrogens with zero attached hydrogens (tertiary/aromatic N) is 3. The van der Waals surface area contributed by atoms with Gasteiger partial charge in [-0.1, -0.05) is 0 Å². The van der Waals surface area contributed by atoms with E-state index in [0.717, 1.165) is 17.2 Å². The summed E-state index contributed by atoms with van der Waals surface area (Å²) in [6, 6.07) is 3.95. The smallest absolute Gasteiger partial charge is 0.199 e. The summed E-state index contributed by atoms with van der Waals surface area (Å²) in [5.74, 6) is 1.61. The van der Waals surface area contributed by atoms with E-state index >= 15 is 0 Å². The molecule has 0 aromatic carbocycles. The van der Waals surface area contributed by atoms with E-state index in [1.54, 1.807) is 6.20 Å². The number of aryl methyl sites for hydroxylation is 1. The summed E-state index contributed by atoms with van der Waals surface area (Å²) in [6.07, 6.45) is 4.21. The molecule has 0 amide bonds. The van der Waals surface area contributed by atoms with E-state index < -0.39 is 0 Å². The van der Waals surface area contributed by atoms with Crippen molar-refractivity contribution in [3.63, 3.8) is 0 Å². The van der Waals surface area contributed by atoms with Crippen molar-refractivity contribution < 1.29 is 0 Å². The Bertz CT molecular complexity index is 580. The molecule has 0 spiro atoms. The number of hydrogen-bond donors (Lipinski definition) is 1. The van der Waals surface area contributed by atoms with Crippen LogP contribution < -0.4 is 0 Å². The molecule has 1 aliphatic carbocycles. The molecule has 1 saturated carbocycles. The fourth-order valence-electron chi connectivity index (χ4n) is 1.87. The van der Waals surface area contributed by atoms with Gasteiger partial charge in [0.05, 0.1) is 11.4 Å². The summed E-state index contributed by atoms with van der Waals surface area (Å²) in [6.45, 7) is 1.99. The van der Waals surface area contributed by atoms with Crippen molar-refractivity contribution in [2.24, 2.45) is 0 Å². The molecule has 0 saturated heterocycles. The van der Waals surface area contributed by atoms with Crippen LogP contribution in [-0.2, 0) is 0 Å². The average Bonchev–Trinajstić information content (AvgIpc) is 3.04. The van der Waals surface area contributed by atoms with Crippen molar-refractivity contribution in [2.45, 2.75) is 25.7 Å². The fourth-order valence-corrected chi connectivity index (χ4v) is 2.11. The number of rotatable bonds is 2. The minimum atomic E-state index is 0.563. The van der Waals surface area contributed by atoms with Gasteiger partial charge >= 0.3 is 0 Å². The summed E-state index contributed by atoms with van der Waals surface area (Å²) >= 11 is 5.28. The molecule has 2 aromatic heterocycles. The van der Waals surface area contributed by atoms with Gasteiger partial charge in [-0.25, -0.2) is 0 Å². The predicted octanol–water partition coefficient (Wildman–Crippen LogP) is 2.51. The summed E-state index contributed by atoms with van der Waals surface area (Å²) in [5, 5.41) is 7.19. The molecule has 4 nitrogen and oxygen atoms in total. The first-order chi connectivity index (χ1) is 7.77. The number of pyridine rings is 1. The van der Waals surface area contributed by atoms with Gasteiger partial charge in [0.25, 0.3) is 0 Å². The lowest BCUT2D eigenvalue weighted by Crippen LogP contribution is -2.03. The van der Waals surface area contributed by atoms with Crippen molar-refractivity contribution in [2.75, 3.05) is 0 Å². The molecule has 2 heterocycles. The topological polar surface area (TPSA) is 46.5 Å². The van der Waals surface area contributed by atoms with Crippen molar-refractivity contribution in [3.8, 4) is 5.69 Å². The molecular weight excluding hydrogens is 220 g/mol. The zero-order chi connectivity index (χ0) is 11.1. The Morgan fingerprint density at radius 1 is 1.50 bits per heavy atom. The second-order valence-corrected chi connectivity index (χ2v) is 4.49. The highest BCUT2D eigenvalue weighted by Crippen LogP contribution is 2.39. The van der Waals surface area contributed by atoms with Gasteiger partial charge in [-0.15, -0.1) is 0 Å². The van der Waals surface area contributed by atoms with E-state index in [9.17, 15) is 0 Å². The molecule has 0 bridgehead atoms. The van der Waals surface area contributed by atoms with Gasteiger partial charge in [0.1, 0.15) is 5.82 Å². The average molecular weight is 232 g/mol. The Morgan fingerprint density at radius 3 is 3.00 bits per heavy atom. The van der Waals surface area contributed by atoms with Crippen LogP contribution in [0.2, 0.25) is 0 Å². The van der Waals surface area contributed by atoms with Gasteiger partial charge in [-0.3, -0.25) is 14.6 Å². The molecule has 0 radical (unpaired) electrons. The zero-order valence-electron chi connectivity index (χ0n) is 8.97. The maximum absolute atomic E-state index is 5.28. The lowest BCUT2D eigenvalue weighted by molar-refractivity contribution is 0.858. The SMILES string of the molecule is Cc1ncccc1-n1c(C2CC2)n[nH]c1=S. The third-order valence-electron chi connectivity index (χ3n) is 2.86. The van der Waals surface area contributed by atoms with Crippen LogP contribution >= 0.6 is 12.2 Å². The van der Waals surface area contributed by atoms with Crippen LogP contribution in [-0.4, -0.2) is 19.7 Å². The lowest BCUT2D eigenvalue weighted by Gasteiger charge is -2.07. The van der Waals surface area contributed by atoms with Gasteiger partial charge in [0.2, 0.25) is 0 Å². The van der Waals surface area contributed by atoms with E-state index in [1.165, 1.54) is 12.8 Å². The van der Waals surface area contributed by atoms with Crippen molar-refractivity contribution in [1.82, 2.24) is 19.7 Å². The van der Waals surface area contributed by atoms with E-state index in [4.69, 9.17) is 12.2 Å². The molecule has 0 atom stereocenters. The molecule has 3 rings (SSSR count). The Hall–Kier alpha value is -1.49. The minimum Gasteiger partial charge on any atom is -0.270 e. The van der Waals surface area contributed by atoms with Crippen molar-refractivity contribution in [3.05, 3.63) is 34.6 Å². The summed E-state index contributed by atoms with van der Waals surface area (Å²) in [5.41, 5.74) is 2.00. The summed E-state index contributed by atoms with van der Waals surface area (Å²) in [7, 11) is 0. The fraction of sp³-hybridized carbons (Fsp3) is 0.364. The largest absolute Gasteiger partial charge is 0.270 e. The van der Waals surface area contributed by atoms with Crippen molar-refractivity contribution in [1.29, 1.82) is 0 Å². The number of nitrogens with one attached hydrogen (secondary N) is 1. The quantitative estimate of drug-likeness (QED) is 0.809. The molecule has 0 unspecified atom stereocenters. The lowest BCUT2D eigenvalue weighted by atomic mass is 10.3. The number of H-pyrrole nitrogens is 1. The number of aromatic nitrogens is 4. The van der Waals surface area contributed by atoms with Gasteiger partial charge in [-0.05, 0) is 44.1 Å². The number of aromatic amines is 1. The second-order valence-electron chi connectivity index (χ2n) is 4.10. The first-order valence-electron chi connectivity index (χ1n) is 5.36. The molecule has 1 fully saturated rings. The molecule has 1 N–H and O–H groups in total. The second kappa shape index (κ2) is 3.52. The first kappa shape index (κ1) is 9.72. The van der Waals surface area contributed by atoms with E-state index in [2.05, 4.69) is 15.2 Å². The first-order valence-corrected chi connectivity index (χ1v) is 5.77. The van der Waals surface area contributed by atoms with Crippen LogP contribution in [0, 0.1) is 11.7 Å². The molecule has 0 aliphatic heterocycles. The van der Waals surface area contributed by atoms with Gasteiger partial charge < -0.3 is 0 Å². The monoisotopic (exact) mass is 232 g/mol. The number of hydrogen-bond acceptors (Lipinski definition) is 3. The molecule has 2 aromatic rings. The zero-order valence-corrected chi connectivity index (χ0v) is 9.79. The van der Waals surface area contributed by atoms with Crippen LogP contribution in [0.4, 0.5) is 0 Å². The maximum atomic E-state index is 5.28. The van der Waals surface area contributed by atoms with Gasteiger partial charge in [0, 0.05) is 12.1 Å². The maximum Gasteiger partial charge on any atom is 0.199 e. The highest BCUT2D eigenvalue weighted by molar-refractivity contribution is 7.71. The van der Waals surface area contributed by atoms with Crippen LogP contribution in [0.5, 0.6) is 0 Å². The van der Waals surface area contributed by atoms with Crippen LogP contribution in [0.25, 0.3) is 5.69 Å². The minimum absolute atomic E-state index is 0.563. The molecule has 82 valence electrons. The van der Waals surface area contributed by atoms with Crippen LogP contribution in [0.15, 0.2) is 18.3 Å². The Balaban J connectivity index is 2.22. The third-order valence-corrected chi connectivity index (χ3v) is 3.13. The third kappa shape index (κ3) is 1.48. The molecular formula is C11H12N4S. The molecule has 1 aliphatic rings.